The lowest BCUT2D eigenvalue weighted by molar-refractivity contribution is -0.126. The van der Waals surface area contributed by atoms with Crippen LogP contribution in [0.4, 0.5) is 8.78 Å². The number of amides is 1. The number of nitrogens with one attached hydrogen (secondary N) is 2. The number of hydrogen-bond acceptors (Lipinski definition) is 4. The van der Waals surface area contributed by atoms with Gasteiger partial charge in [-0.1, -0.05) is 0 Å². The molecular weight excluding hydrogens is 388 g/mol. The zero-order valence-electron chi connectivity index (χ0n) is 14.1. The van der Waals surface area contributed by atoms with E-state index >= 15 is 0 Å². The molecule has 1 aromatic rings. The van der Waals surface area contributed by atoms with Crippen molar-refractivity contribution in [3.8, 4) is 0 Å². The van der Waals surface area contributed by atoms with Gasteiger partial charge in [0.05, 0.1) is 0 Å². The SMILES string of the molecule is Cl.O=C(NCC1CNC1)C1CCN(S(=O)(=O)c2cc(F)ccc2F)CC1. The molecule has 0 unspecified atom stereocenters. The highest BCUT2D eigenvalue weighted by molar-refractivity contribution is 7.89. The zero-order chi connectivity index (χ0) is 18.0. The summed E-state index contributed by atoms with van der Waals surface area (Å²) in [7, 11) is -4.11. The normalized spacial score (nSPS) is 19.5. The fraction of sp³-hybridized carbons (Fsp3) is 0.562. The van der Waals surface area contributed by atoms with Crippen LogP contribution in [-0.4, -0.2) is 51.4 Å². The molecule has 2 fully saturated rings. The second kappa shape index (κ2) is 8.60. The second-order valence-corrected chi connectivity index (χ2v) is 8.43. The third kappa shape index (κ3) is 4.51. The van der Waals surface area contributed by atoms with Crippen molar-refractivity contribution in [1.82, 2.24) is 14.9 Å². The van der Waals surface area contributed by atoms with Crippen LogP contribution in [0, 0.1) is 23.5 Å². The Hall–Kier alpha value is -1.29. The quantitative estimate of drug-likeness (QED) is 0.764. The van der Waals surface area contributed by atoms with E-state index in [0.717, 1.165) is 29.5 Å². The van der Waals surface area contributed by atoms with Crippen LogP contribution < -0.4 is 10.6 Å². The predicted molar refractivity (Wildman–Crippen MR) is 94.5 cm³/mol. The highest BCUT2D eigenvalue weighted by Gasteiger charge is 2.34. The van der Waals surface area contributed by atoms with Gasteiger partial charge >= 0.3 is 0 Å². The molecule has 2 saturated heterocycles. The number of sulfonamides is 1. The Morgan fingerprint density at radius 3 is 2.46 bits per heavy atom. The number of carbonyl (C=O) groups is 1. The Kier molecular flexibility index (Phi) is 6.95. The summed E-state index contributed by atoms with van der Waals surface area (Å²) in [6.07, 6.45) is 0.732. The van der Waals surface area contributed by atoms with E-state index in [9.17, 15) is 22.0 Å². The van der Waals surface area contributed by atoms with Crippen LogP contribution in [0.1, 0.15) is 12.8 Å². The first kappa shape index (κ1) is 21.0. The summed E-state index contributed by atoms with van der Waals surface area (Å²) in [5.41, 5.74) is 0. The molecule has 146 valence electrons. The second-order valence-electron chi connectivity index (χ2n) is 6.52. The van der Waals surface area contributed by atoms with Crippen LogP contribution in [0.3, 0.4) is 0 Å². The highest BCUT2D eigenvalue weighted by atomic mass is 35.5. The van der Waals surface area contributed by atoms with Crippen molar-refractivity contribution < 1.29 is 22.0 Å². The van der Waals surface area contributed by atoms with Gasteiger partial charge in [-0.05, 0) is 31.0 Å². The number of rotatable bonds is 5. The Bertz CT molecular complexity index is 751. The van der Waals surface area contributed by atoms with E-state index in [0.29, 0.717) is 31.4 Å². The molecule has 0 bridgehead atoms. The molecule has 2 N–H and O–H groups in total. The number of nitrogens with zero attached hydrogens (tertiary/aromatic N) is 1. The van der Waals surface area contributed by atoms with Gasteiger partial charge in [0.2, 0.25) is 15.9 Å². The molecule has 6 nitrogen and oxygen atoms in total. The minimum Gasteiger partial charge on any atom is -0.355 e. The van der Waals surface area contributed by atoms with Gasteiger partial charge in [-0.25, -0.2) is 17.2 Å². The maximum Gasteiger partial charge on any atom is 0.246 e. The van der Waals surface area contributed by atoms with Crippen molar-refractivity contribution in [3.05, 3.63) is 29.8 Å². The topological polar surface area (TPSA) is 78.5 Å². The molecule has 0 radical (unpaired) electrons. The zero-order valence-corrected chi connectivity index (χ0v) is 15.7. The lowest BCUT2D eigenvalue weighted by Gasteiger charge is -2.32. The average molecular weight is 410 g/mol. The van der Waals surface area contributed by atoms with Crippen LogP contribution in [0.5, 0.6) is 0 Å². The molecule has 1 aromatic carbocycles. The summed E-state index contributed by atoms with van der Waals surface area (Å²) >= 11 is 0. The summed E-state index contributed by atoms with van der Waals surface area (Å²) in [5.74, 6) is -1.65. The molecule has 0 saturated carbocycles. The monoisotopic (exact) mass is 409 g/mol. The van der Waals surface area contributed by atoms with Crippen LogP contribution in [0.2, 0.25) is 0 Å². The molecule has 10 heteroatoms. The van der Waals surface area contributed by atoms with E-state index in [1.165, 1.54) is 0 Å². The predicted octanol–water partition coefficient (Wildman–Crippen LogP) is 1.12. The Labute approximate surface area is 157 Å². The van der Waals surface area contributed by atoms with Gasteiger partial charge in [-0.3, -0.25) is 4.79 Å². The van der Waals surface area contributed by atoms with Crippen molar-refractivity contribution in [2.45, 2.75) is 17.7 Å². The standard InChI is InChI=1S/C16H21F2N3O3S.ClH/c17-13-1-2-14(18)15(7-13)25(23,24)21-5-3-12(4-6-21)16(22)20-10-11-8-19-9-11;/h1-2,7,11-12,19H,3-6,8-10H2,(H,20,22);1H. The summed E-state index contributed by atoms with van der Waals surface area (Å²) in [6.45, 7) is 2.65. The molecule has 0 aromatic heterocycles. The number of carbonyl (C=O) groups excluding carboxylic acids is 1. The maximum absolute atomic E-state index is 13.8. The van der Waals surface area contributed by atoms with E-state index in [4.69, 9.17) is 0 Å². The third-order valence-corrected chi connectivity index (χ3v) is 6.68. The van der Waals surface area contributed by atoms with Crippen LogP contribution in [-0.2, 0) is 14.8 Å². The van der Waals surface area contributed by atoms with Crippen molar-refractivity contribution in [1.29, 1.82) is 0 Å². The van der Waals surface area contributed by atoms with E-state index in [1.54, 1.807) is 0 Å². The average Bonchev–Trinajstić information content (AvgIpc) is 2.55. The summed E-state index contributed by atoms with van der Waals surface area (Å²) in [6, 6.07) is 2.37. The van der Waals surface area contributed by atoms with E-state index in [2.05, 4.69) is 10.6 Å². The smallest absolute Gasteiger partial charge is 0.246 e. The molecule has 2 aliphatic heterocycles. The molecule has 2 aliphatic rings. The minimum atomic E-state index is -4.11. The first-order valence-electron chi connectivity index (χ1n) is 8.31. The number of hydrogen-bond donors (Lipinski definition) is 2. The molecule has 0 atom stereocenters. The number of benzene rings is 1. The summed E-state index contributed by atoms with van der Waals surface area (Å²) in [4.78, 5) is 11.5. The highest BCUT2D eigenvalue weighted by Crippen LogP contribution is 2.26. The van der Waals surface area contributed by atoms with Gasteiger partial charge in [0.1, 0.15) is 16.5 Å². The number of piperidine rings is 1. The molecule has 0 spiro atoms. The van der Waals surface area contributed by atoms with Gasteiger partial charge in [0.25, 0.3) is 0 Å². The van der Waals surface area contributed by atoms with Crippen LogP contribution in [0.15, 0.2) is 23.1 Å². The van der Waals surface area contributed by atoms with E-state index < -0.39 is 26.6 Å². The first-order chi connectivity index (χ1) is 11.9. The van der Waals surface area contributed by atoms with Gasteiger partial charge < -0.3 is 10.6 Å². The van der Waals surface area contributed by atoms with Crippen molar-refractivity contribution in [3.63, 3.8) is 0 Å². The molecule has 26 heavy (non-hydrogen) atoms. The molecule has 2 heterocycles. The fourth-order valence-corrected chi connectivity index (χ4v) is 4.60. The van der Waals surface area contributed by atoms with Gasteiger partial charge in [0.15, 0.2) is 0 Å². The molecule has 3 rings (SSSR count). The molecular formula is C16H22ClF2N3O3S. The van der Waals surface area contributed by atoms with Crippen molar-refractivity contribution in [2.75, 3.05) is 32.7 Å². The van der Waals surface area contributed by atoms with Gasteiger partial charge in [0, 0.05) is 44.6 Å². The Balaban J connectivity index is 0.00000243. The molecule has 0 aliphatic carbocycles. The van der Waals surface area contributed by atoms with Gasteiger partial charge in [-0.2, -0.15) is 4.31 Å². The lowest BCUT2D eigenvalue weighted by Crippen LogP contribution is -2.50. The number of halogens is 3. The van der Waals surface area contributed by atoms with Crippen molar-refractivity contribution in [2.24, 2.45) is 11.8 Å². The van der Waals surface area contributed by atoms with Gasteiger partial charge in [-0.15, -0.1) is 12.4 Å². The lowest BCUT2D eigenvalue weighted by atomic mass is 9.96. The summed E-state index contributed by atoms with van der Waals surface area (Å²) < 4.78 is 53.2. The Morgan fingerprint density at radius 1 is 1.23 bits per heavy atom. The van der Waals surface area contributed by atoms with Crippen molar-refractivity contribution >= 4 is 28.3 Å². The molecule has 1 amide bonds. The summed E-state index contributed by atoms with van der Waals surface area (Å²) in [5, 5.41) is 6.03. The Morgan fingerprint density at radius 2 is 1.88 bits per heavy atom. The van der Waals surface area contributed by atoms with E-state index in [1.807, 2.05) is 0 Å². The van der Waals surface area contributed by atoms with E-state index in [-0.39, 0.29) is 37.3 Å². The maximum atomic E-state index is 13.8. The first-order valence-corrected chi connectivity index (χ1v) is 9.75. The van der Waals surface area contributed by atoms with Crippen LogP contribution in [0.25, 0.3) is 0 Å². The fourth-order valence-electron chi connectivity index (χ4n) is 3.05. The third-order valence-electron chi connectivity index (χ3n) is 4.77. The largest absolute Gasteiger partial charge is 0.355 e. The minimum absolute atomic E-state index is 0. The van der Waals surface area contributed by atoms with Crippen LogP contribution >= 0.6 is 12.4 Å².